The van der Waals surface area contributed by atoms with Crippen molar-refractivity contribution in [3.8, 4) is 5.75 Å². The standard InChI is InChI=1S/C14H18ClNO4/c1-8(2)6-11(14(18)19)16-13(17)10-5-4-9(15)7-12(10)20-3/h4-5,7-8,11H,6H2,1-3H3,(H,16,17)(H,18,19)/t11-/m0/s1. The van der Waals surface area contributed by atoms with Gasteiger partial charge in [0.05, 0.1) is 12.7 Å². The van der Waals surface area contributed by atoms with Crippen LogP contribution in [0.5, 0.6) is 5.75 Å². The number of benzene rings is 1. The molecule has 1 aromatic rings. The van der Waals surface area contributed by atoms with Crippen LogP contribution in [0.15, 0.2) is 18.2 Å². The van der Waals surface area contributed by atoms with Crippen LogP contribution in [-0.2, 0) is 4.79 Å². The third-order valence-electron chi connectivity index (χ3n) is 2.72. The molecule has 0 unspecified atom stereocenters. The van der Waals surface area contributed by atoms with Crippen molar-refractivity contribution >= 4 is 23.5 Å². The van der Waals surface area contributed by atoms with E-state index in [0.717, 1.165) is 0 Å². The second kappa shape index (κ2) is 7.14. The third-order valence-corrected chi connectivity index (χ3v) is 2.95. The average Bonchev–Trinajstić information content (AvgIpc) is 2.36. The van der Waals surface area contributed by atoms with Gasteiger partial charge in [-0.05, 0) is 30.5 Å². The molecule has 1 rings (SSSR count). The highest BCUT2D eigenvalue weighted by molar-refractivity contribution is 6.30. The molecule has 0 aliphatic heterocycles. The van der Waals surface area contributed by atoms with Gasteiger partial charge in [-0.15, -0.1) is 0 Å². The summed E-state index contributed by atoms with van der Waals surface area (Å²) in [5.41, 5.74) is 0.256. The Morgan fingerprint density at radius 3 is 2.55 bits per heavy atom. The molecular formula is C14H18ClNO4. The second-order valence-corrected chi connectivity index (χ2v) is 5.27. The van der Waals surface area contributed by atoms with E-state index < -0.39 is 17.9 Å². The van der Waals surface area contributed by atoms with Gasteiger partial charge in [-0.1, -0.05) is 25.4 Å². The lowest BCUT2D eigenvalue weighted by molar-refractivity contribution is -0.139. The van der Waals surface area contributed by atoms with Crippen molar-refractivity contribution in [2.75, 3.05) is 7.11 Å². The van der Waals surface area contributed by atoms with E-state index in [1.807, 2.05) is 13.8 Å². The quantitative estimate of drug-likeness (QED) is 0.846. The predicted octanol–water partition coefficient (Wildman–Crippen LogP) is 2.58. The molecule has 0 radical (unpaired) electrons. The van der Waals surface area contributed by atoms with Gasteiger partial charge in [0.1, 0.15) is 11.8 Å². The van der Waals surface area contributed by atoms with Crippen molar-refractivity contribution in [3.63, 3.8) is 0 Å². The molecule has 2 N–H and O–H groups in total. The first-order chi connectivity index (χ1) is 9.35. The fourth-order valence-corrected chi connectivity index (χ4v) is 1.94. The molecule has 0 spiro atoms. The summed E-state index contributed by atoms with van der Waals surface area (Å²) in [6.07, 6.45) is 0.358. The summed E-state index contributed by atoms with van der Waals surface area (Å²) in [7, 11) is 1.42. The van der Waals surface area contributed by atoms with E-state index in [4.69, 9.17) is 21.4 Å². The third kappa shape index (κ3) is 4.42. The Morgan fingerprint density at radius 1 is 1.40 bits per heavy atom. The lowest BCUT2D eigenvalue weighted by atomic mass is 10.0. The van der Waals surface area contributed by atoms with Crippen LogP contribution in [0.2, 0.25) is 5.02 Å². The molecule has 1 amide bonds. The van der Waals surface area contributed by atoms with Crippen LogP contribution in [0.3, 0.4) is 0 Å². The average molecular weight is 300 g/mol. The molecule has 0 saturated carbocycles. The first-order valence-corrected chi connectivity index (χ1v) is 6.60. The summed E-state index contributed by atoms with van der Waals surface area (Å²) in [6.45, 7) is 3.79. The number of hydrogen-bond acceptors (Lipinski definition) is 3. The number of amides is 1. The van der Waals surface area contributed by atoms with Crippen LogP contribution in [0.4, 0.5) is 0 Å². The number of carboxylic acids is 1. The van der Waals surface area contributed by atoms with E-state index in [1.54, 1.807) is 6.07 Å². The number of aliphatic carboxylic acids is 1. The highest BCUT2D eigenvalue weighted by atomic mass is 35.5. The fourth-order valence-electron chi connectivity index (χ4n) is 1.78. The number of carbonyl (C=O) groups is 2. The molecule has 110 valence electrons. The van der Waals surface area contributed by atoms with Crippen LogP contribution in [0.1, 0.15) is 30.6 Å². The number of carboxylic acid groups (broad SMARTS) is 1. The van der Waals surface area contributed by atoms with Crippen LogP contribution >= 0.6 is 11.6 Å². The Morgan fingerprint density at radius 2 is 2.05 bits per heavy atom. The molecule has 0 bridgehead atoms. The van der Waals surface area contributed by atoms with Crippen LogP contribution in [0, 0.1) is 5.92 Å². The van der Waals surface area contributed by atoms with Crippen molar-refractivity contribution in [3.05, 3.63) is 28.8 Å². The number of hydrogen-bond donors (Lipinski definition) is 2. The summed E-state index contributed by atoms with van der Waals surface area (Å²) in [5.74, 6) is -1.08. The zero-order chi connectivity index (χ0) is 15.3. The van der Waals surface area contributed by atoms with Gasteiger partial charge in [0.2, 0.25) is 0 Å². The van der Waals surface area contributed by atoms with Crippen molar-refractivity contribution in [1.29, 1.82) is 0 Å². The Labute approximate surface area is 122 Å². The van der Waals surface area contributed by atoms with Gasteiger partial charge in [0, 0.05) is 5.02 Å². The molecule has 1 atom stereocenters. The first kappa shape index (κ1) is 16.3. The second-order valence-electron chi connectivity index (χ2n) is 4.84. The molecule has 0 fully saturated rings. The lowest BCUT2D eigenvalue weighted by Gasteiger charge is -2.17. The zero-order valence-electron chi connectivity index (χ0n) is 11.6. The Hall–Kier alpha value is -1.75. The maximum Gasteiger partial charge on any atom is 0.326 e. The minimum atomic E-state index is -1.06. The summed E-state index contributed by atoms with van der Waals surface area (Å²) in [5, 5.41) is 12.1. The number of ether oxygens (including phenoxy) is 1. The van der Waals surface area contributed by atoms with E-state index in [1.165, 1.54) is 19.2 Å². The maximum atomic E-state index is 12.1. The van der Waals surface area contributed by atoms with Gasteiger partial charge in [-0.25, -0.2) is 4.79 Å². The number of nitrogens with one attached hydrogen (secondary N) is 1. The maximum absolute atomic E-state index is 12.1. The van der Waals surface area contributed by atoms with E-state index in [2.05, 4.69) is 5.32 Å². The van der Waals surface area contributed by atoms with Gasteiger partial charge in [-0.3, -0.25) is 4.79 Å². The van der Waals surface area contributed by atoms with Gasteiger partial charge < -0.3 is 15.2 Å². The van der Waals surface area contributed by atoms with Crippen LogP contribution < -0.4 is 10.1 Å². The van der Waals surface area contributed by atoms with Crippen LogP contribution in [-0.4, -0.2) is 30.1 Å². The molecule has 0 saturated heterocycles. The minimum absolute atomic E-state index is 0.156. The molecule has 1 aromatic carbocycles. The lowest BCUT2D eigenvalue weighted by Crippen LogP contribution is -2.41. The van der Waals surface area contributed by atoms with Crippen molar-refractivity contribution in [1.82, 2.24) is 5.32 Å². The Balaban J connectivity index is 2.91. The molecule has 5 nitrogen and oxygen atoms in total. The number of halogens is 1. The van der Waals surface area contributed by atoms with Crippen molar-refractivity contribution in [2.24, 2.45) is 5.92 Å². The minimum Gasteiger partial charge on any atom is -0.496 e. The summed E-state index contributed by atoms with van der Waals surface area (Å²) >= 11 is 5.82. The SMILES string of the molecule is COc1cc(Cl)ccc1C(=O)N[C@@H](CC(C)C)C(=O)O. The highest BCUT2D eigenvalue weighted by Gasteiger charge is 2.23. The van der Waals surface area contributed by atoms with Crippen molar-refractivity contribution < 1.29 is 19.4 Å². The van der Waals surface area contributed by atoms with Gasteiger partial charge in [-0.2, -0.15) is 0 Å². The van der Waals surface area contributed by atoms with Gasteiger partial charge in [0.15, 0.2) is 0 Å². The predicted molar refractivity (Wildman–Crippen MR) is 76.3 cm³/mol. The number of methoxy groups -OCH3 is 1. The molecule has 0 aliphatic rings. The van der Waals surface area contributed by atoms with Gasteiger partial charge >= 0.3 is 5.97 Å². The fraction of sp³-hybridized carbons (Fsp3) is 0.429. The largest absolute Gasteiger partial charge is 0.496 e. The summed E-state index contributed by atoms with van der Waals surface area (Å²) in [6, 6.07) is 3.64. The number of carbonyl (C=O) groups excluding carboxylic acids is 1. The molecule has 6 heteroatoms. The highest BCUT2D eigenvalue weighted by Crippen LogP contribution is 2.23. The van der Waals surface area contributed by atoms with E-state index in [0.29, 0.717) is 17.2 Å². The van der Waals surface area contributed by atoms with E-state index in [-0.39, 0.29) is 11.5 Å². The summed E-state index contributed by atoms with van der Waals surface area (Å²) < 4.78 is 5.08. The zero-order valence-corrected chi connectivity index (χ0v) is 12.4. The summed E-state index contributed by atoms with van der Waals surface area (Å²) in [4.78, 5) is 23.3. The molecule has 0 heterocycles. The normalized spacial score (nSPS) is 12.1. The van der Waals surface area contributed by atoms with Crippen LogP contribution in [0.25, 0.3) is 0 Å². The smallest absolute Gasteiger partial charge is 0.326 e. The molecule has 0 aliphatic carbocycles. The first-order valence-electron chi connectivity index (χ1n) is 6.22. The number of rotatable bonds is 6. The molecule has 0 aromatic heterocycles. The van der Waals surface area contributed by atoms with E-state index >= 15 is 0 Å². The molecular weight excluding hydrogens is 282 g/mol. The molecule has 20 heavy (non-hydrogen) atoms. The van der Waals surface area contributed by atoms with E-state index in [9.17, 15) is 9.59 Å². The Bertz CT molecular complexity index is 502. The van der Waals surface area contributed by atoms with Crippen molar-refractivity contribution in [2.45, 2.75) is 26.3 Å². The van der Waals surface area contributed by atoms with Gasteiger partial charge in [0.25, 0.3) is 5.91 Å². The Kier molecular flexibility index (Phi) is 5.82. The topological polar surface area (TPSA) is 75.6 Å². The monoisotopic (exact) mass is 299 g/mol.